The maximum atomic E-state index is 12.0. The van der Waals surface area contributed by atoms with Gasteiger partial charge in [0.25, 0.3) is 0 Å². The predicted molar refractivity (Wildman–Crippen MR) is 86.5 cm³/mol. The van der Waals surface area contributed by atoms with Crippen LogP contribution in [0.15, 0.2) is 47.2 Å². The molecule has 1 aromatic heterocycles. The summed E-state index contributed by atoms with van der Waals surface area (Å²) in [6.45, 7) is 0.822. The topological polar surface area (TPSA) is 64.1 Å². The zero-order valence-electron chi connectivity index (χ0n) is 11.9. The van der Waals surface area contributed by atoms with Crippen LogP contribution >= 0.6 is 15.9 Å². The molecule has 2 atom stereocenters. The first kappa shape index (κ1) is 15.0. The Morgan fingerprint density at radius 1 is 1.32 bits per heavy atom. The number of ether oxygens (including phenoxy) is 1. The minimum Gasteiger partial charge on any atom is -0.464 e. The van der Waals surface area contributed by atoms with Crippen molar-refractivity contribution in [1.29, 1.82) is 0 Å². The van der Waals surface area contributed by atoms with Gasteiger partial charge in [0.15, 0.2) is 0 Å². The lowest BCUT2D eigenvalue weighted by Gasteiger charge is -2.06. The molecular formula is C16H16BrN3O2. The van der Waals surface area contributed by atoms with Gasteiger partial charge in [-0.05, 0) is 36.1 Å². The van der Waals surface area contributed by atoms with Crippen molar-refractivity contribution in [3.63, 3.8) is 0 Å². The molecule has 1 saturated carbocycles. The highest BCUT2D eigenvalue weighted by Crippen LogP contribution is 2.48. The zero-order valence-corrected chi connectivity index (χ0v) is 13.5. The number of benzene rings is 1. The highest BCUT2D eigenvalue weighted by atomic mass is 79.9. The van der Waals surface area contributed by atoms with Gasteiger partial charge in [0.1, 0.15) is 6.61 Å². The third-order valence-corrected chi connectivity index (χ3v) is 4.06. The number of carbonyl (C=O) groups is 1. The standard InChI is InChI=1S/C16H16BrN3O2/c17-12-4-1-3-11(9-12)13-10-14(13)15(21)22-8-7-20-16-18-5-2-6-19-16/h1-6,9,13-14H,7-8,10H2,(H,18,19,20)/t13-,14-/m0/s1. The zero-order chi connectivity index (χ0) is 15.4. The molecule has 1 fully saturated rings. The number of nitrogens with one attached hydrogen (secondary N) is 1. The molecule has 0 saturated heterocycles. The van der Waals surface area contributed by atoms with Crippen LogP contribution in [0.3, 0.4) is 0 Å². The van der Waals surface area contributed by atoms with Gasteiger partial charge >= 0.3 is 5.97 Å². The third kappa shape index (κ3) is 3.82. The molecule has 0 unspecified atom stereocenters. The van der Waals surface area contributed by atoms with Gasteiger partial charge in [-0.25, -0.2) is 9.97 Å². The van der Waals surface area contributed by atoms with Crippen LogP contribution < -0.4 is 5.32 Å². The molecule has 22 heavy (non-hydrogen) atoms. The normalized spacial score (nSPS) is 19.5. The van der Waals surface area contributed by atoms with Crippen LogP contribution in [0.2, 0.25) is 0 Å². The first-order valence-electron chi connectivity index (χ1n) is 7.17. The Balaban J connectivity index is 1.40. The second-order valence-corrected chi connectivity index (χ2v) is 6.09. The number of aromatic nitrogens is 2. The van der Waals surface area contributed by atoms with E-state index >= 15 is 0 Å². The monoisotopic (exact) mass is 361 g/mol. The van der Waals surface area contributed by atoms with Crippen LogP contribution in [-0.2, 0) is 9.53 Å². The van der Waals surface area contributed by atoms with Crippen LogP contribution in [0.1, 0.15) is 17.9 Å². The Labute approximate surface area is 137 Å². The quantitative estimate of drug-likeness (QED) is 0.632. The average molecular weight is 362 g/mol. The van der Waals surface area contributed by atoms with Gasteiger partial charge in [-0.1, -0.05) is 28.1 Å². The van der Waals surface area contributed by atoms with E-state index in [-0.39, 0.29) is 17.8 Å². The van der Waals surface area contributed by atoms with E-state index in [1.807, 2.05) is 12.1 Å². The summed E-state index contributed by atoms with van der Waals surface area (Å²) in [5, 5.41) is 3.00. The van der Waals surface area contributed by atoms with Crippen molar-refractivity contribution in [2.45, 2.75) is 12.3 Å². The highest BCUT2D eigenvalue weighted by molar-refractivity contribution is 9.10. The Morgan fingerprint density at radius 3 is 2.91 bits per heavy atom. The lowest BCUT2D eigenvalue weighted by atomic mass is 10.1. The summed E-state index contributed by atoms with van der Waals surface area (Å²) in [4.78, 5) is 20.1. The van der Waals surface area contributed by atoms with Crippen LogP contribution in [0.4, 0.5) is 5.95 Å². The summed E-state index contributed by atoms with van der Waals surface area (Å²) in [7, 11) is 0. The second kappa shape index (κ2) is 6.87. The molecule has 0 radical (unpaired) electrons. The van der Waals surface area contributed by atoms with Crippen molar-refractivity contribution < 1.29 is 9.53 Å². The Hall–Kier alpha value is -1.95. The maximum absolute atomic E-state index is 12.0. The second-order valence-electron chi connectivity index (χ2n) is 5.17. The van der Waals surface area contributed by atoms with E-state index in [2.05, 4.69) is 43.3 Å². The van der Waals surface area contributed by atoms with Crippen LogP contribution in [0, 0.1) is 5.92 Å². The van der Waals surface area contributed by atoms with E-state index in [4.69, 9.17) is 4.74 Å². The fourth-order valence-corrected chi connectivity index (χ4v) is 2.79. The van der Waals surface area contributed by atoms with Gasteiger partial charge in [0.05, 0.1) is 12.5 Å². The average Bonchev–Trinajstić information content (AvgIpc) is 3.33. The molecule has 1 N–H and O–H groups in total. The lowest BCUT2D eigenvalue weighted by Crippen LogP contribution is -2.16. The van der Waals surface area contributed by atoms with Gasteiger partial charge < -0.3 is 10.1 Å². The summed E-state index contributed by atoms with van der Waals surface area (Å²) in [5.74, 6) is 0.690. The highest BCUT2D eigenvalue weighted by Gasteiger charge is 2.45. The van der Waals surface area contributed by atoms with Crippen LogP contribution in [-0.4, -0.2) is 29.1 Å². The fraction of sp³-hybridized carbons (Fsp3) is 0.312. The molecule has 0 aliphatic heterocycles. The molecule has 114 valence electrons. The molecule has 0 amide bonds. The fourth-order valence-electron chi connectivity index (χ4n) is 2.37. The van der Waals surface area contributed by atoms with E-state index in [1.165, 1.54) is 5.56 Å². The van der Waals surface area contributed by atoms with Gasteiger partial charge in [0, 0.05) is 16.9 Å². The molecule has 1 aliphatic carbocycles. The maximum Gasteiger partial charge on any atom is 0.309 e. The summed E-state index contributed by atoms with van der Waals surface area (Å²) in [6, 6.07) is 9.84. The number of esters is 1. The Kier molecular flexibility index (Phi) is 4.68. The molecule has 0 bridgehead atoms. The predicted octanol–water partition coefficient (Wildman–Crippen LogP) is 3.00. The van der Waals surface area contributed by atoms with Crippen LogP contribution in [0.25, 0.3) is 0 Å². The van der Waals surface area contributed by atoms with E-state index in [0.717, 1.165) is 10.9 Å². The van der Waals surface area contributed by atoms with Gasteiger partial charge in [-0.3, -0.25) is 4.79 Å². The molecule has 1 aliphatic rings. The number of nitrogens with zero attached hydrogens (tertiary/aromatic N) is 2. The molecule has 5 nitrogen and oxygen atoms in total. The Morgan fingerprint density at radius 2 is 2.14 bits per heavy atom. The molecule has 3 rings (SSSR count). The number of carbonyl (C=O) groups excluding carboxylic acids is 1. The number of hydrogen-bond acceptors (Lipinski definition) is 5. The number of anilines is 1. The third-order valence-electron chi connectivity index (χ3n) is 3.57. The van der Waals surface area contributed by atoms with E-state index in [0.29, 0.717) is 19.1 Å². The van der Waals surface area contributed by atoms with E-state index in [1.54, 1.807) is 18.5 Å². The molecule has 6 heteroatoms. The van der Waals surface area contributed by atoms with Crippen molar-refractivity contribution in [2.75, 3.05) is 18.5 Å². The minimum absolute atomic E-state index is 0.0118. The van der Waals surface area contributed by atoms with E-state index in [9.17, 15) is 4.79 Å². The molecule has 1 heterocycles. The SMILES string of the molecule is O=C(OCCNc1ncccn1)[C@H]1C[C@H]1c1cccc(Br)c1. The van der Waals surface area contributed by atoms with Crippen molar-refractivity contribution in [2.24, 2.45) is 5.92 Å². The van der Waals surface area contributed by atoms with Gasteiger partial charge in [0.2, 0.25) is 5.95 Å². The Bertz CT molecular complexity index is 651. The van der Waals surface area contributed by atoms with Gasteiger partial charge in [-0.2, -0.15) is 0 Å². The molecule has 0 spiro atoms. The first-order valence-corrected chi connectivity index (χ1v) is 7.96. The van der Waals surface area contributed by atoms with Crippen molar-refractivity contribution >= 4 is 27.8 Å². The number of rotatable bonds is 6. The summed E-state index contributed by atoms with van der Waals surface area (Å²) >= 11 is 3.45. The molecule has 2 aromatic rings. The summed E-state index contributed by atoms with van der Waals surface area (Å²) in [6.07, 6.45) is 4.19. The number of hydrogen-bond donors (Lipinski definition) is 1. The van der Waals surface area contributed by atoms with Gasteiger partial charge in [-0.15, -0.1) is 0 Å². The minimum atomic E-state index is -0.124. The largest absolute Gasteiger partial charge is 0.464 e. The van der Waals surface area contributed by atoms with Crippen molar-refractivity contribution in [3.05, 3.63) is 52.8 Å². The van der Waals surface area contributed by atoms with Crippen molar-refractivity contribution in [3.8, 4) is 0 Å². The number of halogens is 1. The van der Waals surface area contributed by atoms with E-state index < -0.39 is 0 Å². The summed E-state index contributed by atoms with van der Waals surface area (Å²) < 4.78 is 6.34. The van der Waals surface area contributed by atoms with Crippen LogP contribution in [0.5, 0.6) is 0 Å². The molecular weight excluding hydrogens is 346 g/mol. The molecule has 1 aromatic carbocycles. The lowest BCUT2D eigenvalue weighted by molar-refractivity contribution is -0.144. The summed E-state index contributed by atoms with van der Waals surface area (Å²) in [5.41, 5.74) is 1.19. The first-order chi connectivity index (χ1) is 10.7. The van der Waals surface area contributed by atoms with Crippen molar-refractivity contribution in [1.82, 2.24) is 9.97 Å². The smallest absolute Gasteiger partial charge is 0.309 e.